The van der Waals surface area contributed by atoms with Crippen LogP contribution in [0.2, 0.25) is 0 Å². The van der Waals surface area contributed by atoms with E-state index in [1.807, 2.05) is 0 Å². The molecule has 5 aliphatic rings. The molecule has 5 rings (SSSR count). The van der Waals surface area contributed by atoms with Gasteiger partial charge in [0.2, 0.25) is 0 Å². The van der Waals surface area contributed by atoms with Gasteiger partial charge < -0.3 is 10.2 Å². The highest BCUT2D eigenvalue weighted by molar-refractivity contribution is 5.01. The first kappa shape index (κ1) is 14.5. The number of hydrogen-bond acceptors (Lipinski definition) is 2. The van der Waals surface area contributed by atoms with Crippen LogP contribution in [0.4, 0.5) is 0 Å². The van der Waals surface area contributed by atoms with Crippen molar-refractivity contribution >= 4 is 0 Å². The molecule has 1 aliphatic heterocycles. The van der Waals surface area contributed by atoms with Gasteiger partial charge in [-0.15, -0.1) is 0 Å². The average Bonchev–Trinajstić information content (AvgIpc) is 2.89. The van der Waals surface area contributed by atoms with Crippen molar-refractivity contribution < 1.29 is 0 Å². The lowest BCUT2D eigenvalue weighted by atomic mass is 9.49. The van der Waals surface area contributed by atoms with Crippen molar-refractivity contribution in [3.05, 3.63) is 0 Å². The molecule has 5 fully saturated rings. The van der Waals surface area contributed by atoms with Crippen molar-refractivity contribution in [1.29, 1.82) is 0 Å². The van der Waals surface area contributed by atoms with Gasteiger partial charge in [0.1, 0.15) is 0 Å². The minimum atomic E-state index is 0.678. The highest BCUT2D eigenvalue weighted by Crippen LogP contribution is 2.61. The SMILES string of the molecule is CC(CN1CCCC1)NCCC12CC3CC(CC(C3)C1)C2. The summed E-state index contributed by atoms with van der Waals surface area (Å²) in [6, 6.07) is 0.678. The summed E-state index contributed by atoms with van der Waals surface area (Å²) in [4.78, 5) is 2.64. The third-order valence-electron chi connectivity index (χ3n) is 7.04. The molecule has 4 bridgehead atoms. The highest BCUT2D eigenvalue weighted by atomic mass is 15.2. The van der Waals surface area contributed by atoms with Gasteiger partial charge >= 0.3 is 0 Å². The van der Waals surface area contributed by atoms with Crippen molar-refractivity contribution in [1.82, 2.24) is 10.2 Å². The van der Waals surface area contributed by atoms with Crippen molar-refractivity contribution in [2.75, 3.05) is 26.2 Å². The van der Waals surface area contributed by atoms with Gasteiger partial charge in [-0.1, -0.05) is 0 Å². The number of nitrogens with one attached hydrogen (secondary N) is 1. The second kappa shape index (κ2) is 5.85. The van der Waals surface area contributed by atoms with E-state index in [-0.39, 0.29) is 0 Å². The Morgan fingerprint density at radius 3 is 2.14 bits per heavy atom. The van der Waals surface area contributed by atoms with Crippen LogP contribution >= 0.6 is 0 Å². The lowest BCUT2D eigenvalue weighted by molar-refractivity contribution is -0.0570. The molecule has 1 unspecified atom stereocenters. The van der Waals surface area contributed by atoms with Crippen LogP contribution < -0.4 is 5.32 Å². The van der Waals surface area contributed by atoms with E-state index in [0.717, 1.165) is 23.2 Å². The molecule has 1 saturated heterocycles. The molecule has 0 amide bonds. The van der Waals surface area contributed by atoms with Crippen molar-refractivity contribution in [2.45, 2.75) is 70.8 Å². The maximum Gasteiger partial charge on any atom is 0.0166 e. The van der Waals surface area contributed by atoms with E-state index in [9.17, 15) is 0 Å². The normalized spacial score (nSPS) is 43.6. The minimum absolute atomic E-state index is 0.678. The van der Waals surface area contributed by atoms with Gasteiger partial charge in [0.15, 0.2) is 0 Å². The van der Waals surface area contributed by atoms with E-state index < -0.39 is 0 Å². The van der Waals surface area contributed by atoms with Crippen LogP contribution in [0.1, 0.15) is 64.7 Å². The van der Waals surface area contributed by atoms with Gasteiger partial charge in [-0.05, 0) is 108 Å². The van der Waals surface area contributed by atoms with Crippen LogP contribution in [0.15, 0.2) is 0 Å². The summed E-state index contributed by atoms with van der Waals surface area (Å²) < 4.78 is 0. The Kier molecular flexibility index (Phi) is 4.04. The Balaban J connectivity index is 1.23. The molecule has 0 aromatic heterocycles. The maximum absolute atomic E-state index is 3.84. The number of nitrogens with zero attached hydrogens (tertiary/aromatic N) is 1. The zero-order valence-electron chi connectivity index (χ0n) is 13.9. The summed E-state index contributed by atoms with van der Waals surface area (Å²) in [5, 5.41) is 3.84. The van der Waals surface area contributed by atoms with E-state index in [0.29, 0.717) is 6.04 Å². The molecule has 2 heteroatoms. The first-order valence-electron chi connectivity index (χ1n) is 9.66. The molecule has 4 saturated carbocycles. The summed E-state index contributed by atoms with van der Waals surface area (Å²) in [6.07, 6.45) is 13.7. The fourth-order valence-corrected chi connectivity index (χ4v) is 6.60. The van der Waals surface area contributed by atoms with Crippen LogP contribution in [0.3, 0.4) is 0 Å². The standard InChI is InChI=1S/C19H34N2/c1-15(14-21-6-2-3-7-21)20-5-4-19-11-16-8-17(12-19)10-18(9-16)13-19/h15-18,20H,2-14H2,1H3. The van der Waals surface area contributed by atoms with Crippen LogP contribution in [0.5, 0.6) is 0 Å². The van der Waals surface area contributed by atoms with Gasteiger partial charge in [-0.25, -0.2) is 0 Å². The molecule has 4 aliphatic carbocycles. The molecule has 2 nitrogen and oxygen atoms in total. The zero-order valence-corrected chi connectivity index (χ0v) is 13.9. The fourth-order valence-electron chi connectivity index (χ4n) is 6.60. The van der Waals surface area contributed by atoms with Crippen LogP contribution in [-0.4, -0.2) is 37.1 Å². The molecule has 0 radical (unpaired) electrons. The molecule has 21 heavy (non-hydrogen) atoms. The Bertz CT molecular complexity index is 323. The highest BCUT2D eigenvalue weighted by Gasteiger charge is 2.50. The molecule has 0 aromatic rings. The third-order valence-corrected chi connectivity index (χ3v) is 7.04. The molecule has 1 N–H and O–H groups in total. The van der Waals surface area contributed by atoms with Gasteiger partial charge in [-0.3, -0.25) is 0 Å². The van der Waals surface area contributed by atoms with Crippen LogP contribution in [-0.2, 0) is 0 Å². The molecule has 0 aromatic carbocycles. The van der Waals surface area contributed by atoms with E-state index >= 15 is 0 Å². The number of likely N-dealkylation sites (tertiary alicyclic amines) is 1. The van der Waals surface area contributed by atoms with Crippen molar-refractivity contribution in [2.24, 2.45) is 23.2 Å². The number of rotatable bonds is 6. The summed E-state index contributed by atoms with van der Waals surface area (Å²) in [5.41, 5.74) is 0.759. The Labute approximate surface area is 131 Å². The topological polar surface area (TPSA) is 15.3 Å². The van der Waals surface area contributed by atoms with E-state index in [4.69, 9.17) is 0 Å². The molecular weight excluding hydrogens is 256 g/mol. The maximum atomic E-state index is 3.84. The van der Waals surface area contributed by atoms with Gasteiger partial charge in [0.25, 0.3) is 0 Å². The smallest absolute Gasteiger partial charge is 0.0166 e. The fraction of sp³-hybridized carbons (Fsp3) is 1.00. The van der Waals surface area contributed by atoms with Crippen molar-refractivity contribution in [3.8, 4) is 0 Å². The van der Waals surface area contributed by atoms with Crippen LogP contribution in [0.25, 0.3) is 0 Å². The van der Waals surface area contributed by atoms with Gasteiger partial charge in [0.05, 0.1) is 0 Å². The largest absolute Gasteiger partial charge is 0.313 e. The number of hydrogen-bond donors (Lipinski definition) is 1. The van der Waals surface area contributed by atoms with E-state index in [1.54, 1.807) is 38.5 Å². The lowest BCUT2D eigenvalue weighted by Gasteiger charge is -2.57. The second-order valence-corrected chi connectivity index (χ2v) is 9.03. The first-order valence-corrected chi connectivity index (χ1v) is 9.66. The minimum Gasteiger partial charge on any atom is -0.313 e. The van der Waals surface area contributed by atoms with Gasteiger partial charge in [-0.2, -0.15) is 0 Å². The third kappa shape index (κ3) is 3.17. The summed E-state index contributed by atoms with van der Waals surface area (Å²) in [5.74, 6) is 3.33. The lowest BCUT2D eigenvalue weighted by Crippen LogP contribution is -2.47. The monoisotopic (exact) mass is 290 g/mol. The van der Waals surface area contributed by atoms with Crippen LogP contribution in [0, 0.1) is 23.2 Å². The predicted octanol–water partition coefficient (Wildman–Crippen LogP) is 3.67. The Morgan fingerprint density at radius 2 is 1.57 bits per heavy atom. The quantitative estimate of drug-likeness (QED) is 0.803. The summed E-state index contributed by atoms with van der Waals surface area (Å²) >= 11 is 0. The Morgan fingerprint density at radius 1 is 1.00 bits per heavy atom. The average molecular weight is 290 g/mol. The predicted molar refractivity (Wildman–Crippen MR) is 88.4 cm³/mol. The molecule has 120 valence electrons. The molecule has 1 heterocycles. The zero-order chi connectivity index (χ0) is 14.3. The van der Waals surface area contributed by atoms with Gasteiger partial charge in [0, 0.05) is 12.6 Å². The Hall–Kier alpha value is -0.0800. The molecular formula is C19H34N2. The van der Waals surface area contributed by atoms with E-state index in [1.165, 1.54) is 45.4 Å². The molecule has 0 spiro atoms. The summed E-state index contributed by atoms with van der Waals surface area (Å²) in [7, 11) is 0. The van der Waals surface area contributed by atoms with E-state index in [2.05, 4.69) is 17.1 Å². The second-order valence-electron chi connectivity index (χ2n) is 9.03. The first-order chi connectivity index (χ1) is 10.2. The summed E-state index contributed by atoms with van der Waals surface area (Å²) in [6.45, 7) is 7.59. The van der Waals surface area contributed by atoms with Crippen molar-refractivity contribution in [3.63, 3.8) is 0 Å². The molecule has 1 atom stereocenters.